The van der Waals surface area contributed by atoms with E-state index in [2.05, 4.69) is 0 Å². The summed E-state index contributed by atoms with van der Waals surface area (Å²) in [5.74, 6) is -0.204. The Hall–Kier alpha value is -1.60. The Morgan fingerprint density at radius 3 is 2.46 bits per heavy atom. The number of halogens is 3. The van der Waals surface area contributed by atoms with Crippen molar-refractivity contribution in [2.75, 3.05) is 6.54 Å². The summed E-state index contributed by atoms with van der Waals surface area (Å²) in [6.07, 6.45) is -0.247. The van der Waals surface area contributed by atoms with Crippen LogP contribution in [0.4, 0.5) is 13.2 Å². The summed E-state index contributed by atoms with van der Waals surface area (Å²) in [5.41, 5.74) is 5.07. The van der Waals surface area contributed by atoms with Crippen LogP contribution in [0.1, 0.15) is 49.7 Å². The Balaban J connectivity index is 1.83. The molecule has 0 bridgehead atoms. The van der Waals surface area contributed by atoms with Crippen molar-refractivity contribution >= 4 is 5.91 Å². The number of hydrogen-bond donors (Lipinski definition) is 1. The first kappa shape index (κ1) is 19.2. The molecule has 0 spiro atoms. The molecule has 1 heterocycles. The lowest BCUT2D eigenvalue weighted by atomic mass is 10.0. The van der Waals surface area contributed by atoms with Gasteiger partial charge in [-0.2, -0.15) is 13.2 Å². The van der Waals surface area contributed by atoms with Gasteiger partial charge in [-0.3, -0.25) is 4.79 Å². The molecule has 3 rings (SSSR count). The van der Waals surface area contributed by atoms with Crippen molar-refractivity contribution in [3.05, 3.63) is 35.4 Å². The number of nitrogens with zero attached hydrogens (tertiary/aromatic N) is 1. The smallest absolute Gasteiger partial charge is 0.364 e. The maximum Gasteiger partial charge on any atom is 0.416 e. The van der Waals surface area contributed by atoms with Crippen LogP contribution in [0.25, 0.3) is 0 Å². The summed E-state index contributed by atoms with van der Waals surface area (Å²) in [7, 11) is 0. The number of ether oxygens (including phenoxy) is 1. The van der Waals surface area contributed by atoms with E-state index < -0.39 is 17.8 Å². The first-order valence-corrected chi connectivity index (χ1v) is 9.21. The molecule has 26 heavy (non-hydrogen) atoms. The van der Waals surface area contributed by atoms with E-state index in [9.17, 15) is 18.0 Å². The fourth-order valence-electron chi connectivity index (χ4n) is 3.97. The number of amides is 1. The minimum absolute atomic E-state index is 0.0238. The van der Waals surface area contributed by atoms with Gasteiger partial charge in [-0.05, 0) is 37.3 Å². The summed E-state index contributed by atoms with van der Waals surface area (Å²) in [5, 5.41) is 0. The van der Waals surface area contributed by atoms with Crippen LogP contribution in [0.5, 0.6) is 0 Å². The van der Waals surface area contributed by atoms with Gasteiger partial charge < -0.3 is 15.4 Å². The fourth-order valence-corrected chi connectivity index (χ4v) is 3.97. The van der Waals surface area contributed by atoms with Crippen LogP contribution in [0, 0.1) is 0 Å². The van der Waals surface area contributed by atoms with Crippen molar-refractivity contribution in [1.82, 2.24) is 4.90 Å². The van der Waals surface area contributed by atoms with Crippen LogP contribution >= 0.6 is 0 Å². The molecule has 2 aliphatic rings. The zero-order valence-corrected chi connectivity index (χ0v) is 14.7. The minimum Gasteiger partial charge on any atom is -0.364 e. The van der Waals surface area contributed by atoms with E-state index in [-0.39, 0.29) is 30.2 Å². The van der Waals surface area contributed by atoms with Gasteiger partial charge in [0.15, 0.2) is 0 Å². The van der Waals surface area contributed by atoms with E-state index in [1.807, 2.05) is 0 Å². The molecule has 1 aromatic carbocycles. The van der Waals surface area contributed by atoms with Gasteiger partial charge in [0.1, 0.15) is 6.10 Å². The Kier molecular flexibility index (Phi) is 5.87. The molecule has 0 unspecified atom stereocenters. The van der Waals surface area contributed by atoms with E-state index in [0.717, 1.165) is 31.7 Å². The summed E-state index contributed by atoms with van der Waals surface area (Å²) >= 11 is 0. The van der Waals surface area contributed by atoms with E-state index in [1.165, 1.54) is 12.1 Å². The molecule has 2 fully saturated rings. The third-order valence-electron chi connectivity index (χ3n) is 5.36. The highest BCUT2D eigenvalue weighted by atomic mass is 19.4. The van der Waals surface area contributed by atoms with Gasteiger partial charge in [0, 0.05) is 19.1 Å². The zero-order chi connectivity index (χ0) is 18.7. The SMILES string of the molecule is NC[C@H]1CC[C@@H](C(=O)N(Cc2ccccc2C(F)(F)F)C2CCCC2)O1. The van der Waals surface area contributed by atoms with Gasteiger partial charge >= 0.3 is 6.18 Å². The molecule has 1 saturated carbocycles. The second kappa shape index (κ2) is 7.96. The number of hydrogen-bond acceptors (Lipinski definition) is 3. The highest BCUT2D eigenvalue weighted by Gasteiger charge is 2.38. The molecule has 2 atom stereocenters. The van der Waals surface area contributed by atoms with E-state index in [1.54, 1.807) is 11.0 Å². The van der Waals surface area contributed by atoms with Crippen LogP contribution in [0.2, 0.25) is 0 Å². The van der Waals surface area contributed by atoms with Crippen molar-refractivity contribution in [3.63, 3.8) is 0 Å². The number of alkyl halides is 3. The average molecular weight is 370 g/mol. The molecule has 0 aromatic heterocycles. The fraction of sp³-hybridized carbons (Fsp3) is 0.632. The van der Waals surface area contributed by atoms with Crippen molar-refractivity contribution in [2.24, 2.45) is 5.73 Å². The third-order valence-corrected chi connectivity index (χ3v) is 5.36. The lowest BCUT2D eigenvalue weighted by Crippen LogP contribution is -2.44. The first-order chi connectivity index (χ1) is 12.4. The lowest BCUT2D eigenvalue weighted by Gasteiger charge is -2.32. The van der Waals surface area contributed by atoms with Crippen LogP contribution < -0.4 is 5.73 Å². The first-order valence-electron chi connectivity index (χ1n) is 9.21. The number of nitrogens with two attached hydrogens (primary N) is 1. The molecule has 1 saturated heterocycles. The van der Waals surface area contributed by atoms with Crippen LogP contribution in [-0.4, -0.2) is 35.6 Å². The number of benzene rings is 1. The third kappa shape index (κ3) is 4.20. The molecule has 1 aliphatic heterocycles. The van der Waals surface area contributed by atoms with Gasteiger partial charge in [0.25, 0.3) is 5.91 Å². The Bertz CT molecular complexity index is 629. The molecule has 144 valence electrons. The van der Waals surface area contributed by atoms with E-state index in [0.29, 0.717) is 19.4 Å². The van der Waals surface area contributed by atoms with E-state index >= 15 is 0 Å². The minimum atomic E-state index is -4.44. The number of carbonyl (C=O) groups excluding carboxylic acids is 1. The standard InChI is InChI=1S/C19H25F3N2O2/c20-19(21,22)16-8-4-1-5-13(16)12-24(14-6-2-3-7-14)18(25)17-10-9-15(11-23)26-17/h1,4-5,8,14-15,17H,2-3,6-7,9-12,23H2/t15-,17+/m1/s1. The maximum absolute atomic E-state index is 13.3. The predicted molar refractivity (Wildman–Crippen MR) is 91.2 cm³/mol. The van der Waals surface area contributed by atoms with Crippen LogP contribution in [-0.2, 0) is 22.3 Å². The van der Waals surface area contributed by atoms with E-state index in [4.69, 9.17) is 10.5 Å². The van der Waals surface area contributed by atoms with Crippen molar-refractivity contribution in [2.45, 2.75) is 69.5 Å². The monoisotopic (exact) mass is 370 g/mol. The second-order valence-corrected chi connectivity index (χ2v) is 7.12. The molecular weight excluding hydrogens is 345 g/mol. The van der Waals surface area contributed by atoms with Crippen molar-refractivity contribution < 1.29 is 22.7 Å². The van der Waals surface area contributed by atoms with Gasteiger partial charge in [0.2, 0.25) is 0 Å². The molecule has 1 amide bonds. The normalized spacial score (nSPS) is 24.2. The van der Waals surface area contributed by atoms with Crippen LogP contribution in [0.3, 0.4) is 0 Å². The van der Waals surface area contributed by atoms with Crippen molar-refractivity contribution in [3.8, 4) is 0 Å². The Labute approximate surface area is 151 Å². The van der Waals surface area contributed by atoms with Gasteiger partial charge in [0.05, 0.1) is 11.7 Å². The molecule has 1 aromatic rings. The Morgan fingerprint density at radius 1 is 1.15 bits per heavy atom. The van der Waals surface area contributed by atoms with Gasteiger partial charge in [-0.1, -0.05) is 31.0 Å². The second-order valence-electron chi connectivity index (χ2n) is 7.12. The topological polar surface area (TPSA) is 55.6 Å². The average Bonchev–Trinajstić information content (AvgIpc) is 3.30. The predicted octanol–water partition coefficient (Wildman–Crippen LogP) is 3.48. The largest absolute Gasteiger partial charge is 0.416 e. The highest BCUT2D eigenvalue weighted by molar-refractivity contribution is 5.81. The molecule has 2 N–H and O–H groups in total. The highest BCUT2D eigenvalue weighted by Crippen LogP contribution is 2.34. The summed E-state index contributed by atoms with van der Waals surface area (Å²) in [6, 6.07) is 5.46. The summed E-state index contributed by atoms with van der Waals surface area (Å²) in [6.45, 7) is 0.316. The quantitative estimate of drug-likeness (QED) is 0.863. The lowest BCUT2D eigenvalue weighted by molar-refractivity contribution is -0.147. The van der Waals surface area contributed by atoms with Gasteiger partial charge in [-0.25, -0.2) is 0 Å². The molecule has 0 radical (unpaired) electrons. The summed E-state index contributed by atoms with van der Waals surface area (Å²) in [4.78, 5) is 14.7. The summed E-state index contributed by atoms with van der Waals surface area (Å²) < 4.78 is 45.7. The Morgan fingerprint density at radius 2 is 1.85 bits per heavy atom. The number of carbonyl (C=O) groups is 1. The zero-order valence-electron chi connectivity index (χ0n) is 14.7. The van der Waals surface area contributed by atoms with Gasteiger partial charge in [-0.15, -0.1) is 0 Å². The molecule has 1 aliphatic carbocycles. The maximum atomic E-state index is 13.3. The molecule has 4 nitrogen and oxygen atoms in total. The molecule has 7 heteroatoms. The molecular formula is C19H25F3N2O2. The van der Waals surface area contributed by atoms with Crippen LogP contribution in [0.15, 0.2) is 24.3 Å². The number of rotatable bonds is 5. The van der Waals surface area contributed by atoms with Crippen molar-refractivity contribution in [1.29, 1.82) is 0 Å².